The lowest BCUT2D eigenvalue weighted by Crippen LogP contribution is -2.24. The van der Waals surface area contributed by atoms with E-state index in [2.05, 4.69) is 37.4 Å². The Morgan fingerprint density at radius 2 is 1.27 bits per heavy atom. The molecular formula is C30H49NOS. The summed E-state index contributed by atoms with van der Waals surface area (Å²) in [5, 5.41) is 6.28. The highest BCUT2D eigenvalue weighted by Gasteiger charge is 2.12. The van der Waals surface area contributed by atoms with Crippen molar-refractivity contribution in [3.8, 4) is 0 Å². The second kappa shape index (κ2) is 18.0. The Morgan fingerprint density at radius 1 is 0.727 bits per heavy atom. The van der Waals surface area contributed by atoms with Crippen LogP contribution in [0.2, 0.25) is 0 Å². The van der Waals surface area contributed by atoms with E-state index in [1.165, 1.54) is 107 Å². The predicted molar refractivity (Wildman–Crippen MR) is 148 cm³/mol. The fourth-order valence-electron chi connectivity index (χ4n) is 4.67. The number of nitrogens with one attached hydrogen (secondary N) is 1. The Kier molecular flexibility index (Phi) is 15.2. The number of carbonyl (C=O) groups excluding carboxylic acids is 1. The first kappa shape index (κ1) is 27.9. The summed E-state index contributed by atoms with van der Waals surface area (Å²) >= 11 is 1.67. The van der Waals surface area contributed by atoms with Crippen LogP contribution in [0.25, 0.3) is 10.1 Å². The minimum atomic E-state index is 0.0934. The quantitative estimate of drug-likeness (QED) is 0.191. The molecule has 0 aliphatic carbocycles. The molecule has 2 rings (SSSR count). The molecule has 186 valence electrons. The van der Waals surface area contributed by atoms with Gasteiger partial charge < -0.3 is 5.32 Å². The number of benzene rings is 1. The molecule has 0 bridgehead atoms. The van der Waals surface area contributed by atoms with E-state index in [-0.39, 0.29) is 5.91 Å². The van der Waals surface area contributed by atoms with Gasteiger partial charge in [0.25, 0.3) is 5.91 Å². The van der Waals surface area contributed by atoms with E-state index < -0.39 is 0 Å². The van der Waals surface area contributed by atoms with Gasteiger partial charge >= 0.3 is 0 Å². The van der Waals surface area contributed by atoms with Crippen LogP contribution in [0.4, 0.5) is 0 Å². The second-order valence-electron chi connectivity index (χ2n) is 9.79. The van der Waals surface area contributed by atoms with Crippen LogP contribution in [0, 0.1) is 0 Å². The number of unbranched alkanes of at least 4 members (excludes halogenated alkanes) is 15. The highest BCUT2D eigenvalue weighted by Crippen LogP contribution is 2.27. The van der Waals surface area contributed by atoms with Crippen molar-refractivity contribution >= 4 is 27.3 Å². The summed E-state index contributed by atoms with van der Waals surface area (Å²) in [6, 6.07) is 6.57. The Bertz CT molecular complexity index is 766. The van der Waals surface area contributed by atoms with E-state index in [9.17, 15) is 4.79 Å². The maximum Gasteiger partial charge on any atom is 0.252 e. The van der Waals surface area contributed by atoms with Crippen LogP contribution in [-0.2, 0) is 6.42 Å². The molecule has 1 aromatic carbocycles. The van der Waals surface area contributed by atoms with Crippen molar-refractivity contribution in [3.05, 3.63) is 34.7 Å². The first-order chi connectivity index (χ1) is 16.3. The van der Waals surface area contributed by atoms with E-state index in [4.69, 9.17) is 0 Å². The Hall–Kier alpha value is -1.35. The van der Waals surface area contributed by atoms with E-state index in [1.54, 1.807) is 11.3 Å². The molecule has 0 radical (unpaired) electrons. The van der Waals surface area contributed by atoms with Crippen LogP contribution in [0.1, 0.15) is 139 Å². The topological polar surface area (TPSA) is 29.1 Å². The SMILES string of the molecule is CCCCCCCCCCCCCCCCCCNC(=O)c1csc2ccc(CCC)cc12. The number of fused-ring (bicyclic) bond motifs is 1. The van der Waals surface area contributed by atoms with E-state index in [0.717, 1.165) is 36.8 Å². The van der Waals surface area contributed by atoms with Crippen molar-refractivity contribution < 1.29 is 4.79 Å². The molecule has 0 aliphatic rings. The summed E-state index contributed by atoms with van der Waals surface area (Å²) < 4.78 is 1.21. The first-order valence-corrected chi connectivity index (χ1v) is 14.9. The Labute approximate surface area is 207 Å². The average molecular weight is 472 g/mol. The average Bonchev–Trinajstić information content (AvgIpc) is 3.24. The minimum absolute atomic E-state index is 0.0934. The van der Waals surface area contributed by atoms with Crippen molar-refractivity contribution in [2.75, 3.05) is 6.54 Å². The molecule has 1 aromatic heterocycles. The summed E-state index contributed by atoms with van der Waals surface area (Å²) in [4.78, 5) is 12.6. The number of amides is 1. The highest BCUT2D eigenvalue weighted by molar-refractivity contribution is 7.17. The van der Waals surface area contributed by atoms with Gasteiger partial charge in [0, 0.05) is 22.0 Å². The van der Waals surface area contributed by atoms with Crippen molar-refractivity contribution in [1.29, 1.82) is 0 Å². The largest absolute Gasteiger partial charge is 0.352 e. The summed E-state index contributed by atoms with van der Waals surface area (Å²) in [6.07, 6.45) is 24.2. The van der Waals surface area contributed by atoms with Gasteiger partial charge in [0.2, 0.25) is 0 Å². The third-order valence-electron chi connectivity index (χ3n) is 6.74. The summed E-state index contributed by atoms with van der Waals surface area (Å²) in [5.41, 5.74) is 2.18. The predicted octanol–water partition coefficient (Wildman–Crippen LogP) is 9.85. The van der Waals surface area contributed by atoms with Crippen molar-refractivity contribution in [3.63, 3.8) is 0 Å². The maximum absolute atomic E-state index is 12.6. The number of hydrogen-bond acceptors (Lipinski definition) is 2. The van der Waals surface area contributed by atoms with Crippen molar-refractivity contribution in [2.24, 2.45) is 0 Å². The molecule has 33 heavy (non-hydrogen) atoms. The molecule has 2 aromatic rings. The molecule has 0 spiro atoms. The summed E-state index contributed by atoms with van der Waals surface area (Å²) in [7, 11) is 0. The number of thiophene rings is 1. The van der Waals surface area contributed by atoms with Gasteiger partial charge in [-0.3, -0.25) is 4.79 Å². The van der Waals surface area contributed by atoms with Crippen molar-refractivity contribution in [1.82, 2.24) is 5.32 Å². The summed E-state index contributed by atoms with van der Waals surface area (Å²) in [6.45, 7) is 5.28. The molecule has 2 nitrogen and oxygen atoms in total. The zero-order valence-corrected chi connectivity index (χ0v) is 22.4. The maximum atomic E-state index is 12.6. The van der Waals surface area contributed by atoms with Crippen LogP contribution in [0.5, 0.6) is 0 Å². The molecular weight excluding hydrogens is 422 g/mol. The lowest BCUT2D eigenvalue weighted by molar-refractivity contribution is 0.0955. The van der Waals surface area contributed by atoms with Gasteiger partial charge in [0.05, 0.1) is 5.56 Å². The summed E-state index contributed by atoms with van der Waals surface area (Å²) in [5.74, 6) is 0.0934. The fraction of sp³-hybridized carbons (Fsp3) is 0.700. The molecule has 0 aliphatic heterocycles. The zero-order chi connectivity index (χ0) is 23.6. The van der Waals surface area contributed by atoms with Gasteiger partial charge in [-0.1, -0.05) is 123 Å². The standard InChI is InChI=1S/C30H49NOS/c1-3-5-6-7-8-9-10-11-12-13-14-15-16-17-18-19-23-31-30(32)28-25-33-29-22-21-26(20-4-2)24-27(28)29/h21-22,24-25H,3-20,23H2,1-2H3,(H,31,32). The molecule has 0 saturated heterocycles. The third-order valence-corrected chi connectivity index (χ3v) is 7.70. The third kappa shape index (κ3) is 11.6. The molecule has 1 N–H and O–H groups in total. The Balaban J connectivity index is 1.43. The molecule has 0 atom stereocenters. The number of carbonyl (C=O) groups is 1. The van der Waals surface area contributed by atoms with E-state index in [0.29, 0.717) is 0 Å². The van der Waals surface area contributed by atoms with Crippen LogP contribution in [0.3, 0.4) is 0 Å². The molecule has 1 amide bonds. The van der Waals surface area contributed by atoms with Gasteiger partial charge in [-0.2, -0.15) is 0 Å². The van der Waals surface area contributed by atoms with Crippen LogP contribution >= 0.6 is 11.3 Å². The van der Waals surface area contributed by atoms with Gasteiger partial charge in [-0.15, -0.1) is 11.3 Å². The Morgan fingerprint density at radius 3 is 1.82 bits per heavy atom. The highest BCUT2D eigenvalue weighted by atomic mass is 32.1. The normalized spacial score (nSPS) is 11.3. The molecule has 3 heteroatoms. The number of aryl methyl sites for hydroxylation is 1. The minimum Gasteiger partial charge on any atom is -0.352 e. The lowest BCUT2D eigenvalue weighted by Gasteiger charge is -2.06. The van der Waals surface area contributed by atoms with Gasteiger partial charge in [-0.05, 0) is 30.5 Å². The molecule has 1 heterocycles. The van der Waals surface area contributed by atoms with Crippen LogP contribution in [0.15, 0.2) is 23.6 Å². The van der Waals surface area contributed by atoms with Gasteiger partial charge in [0.1, 0.15) is 0 Å². The molecule has 0 unspecified atom stereocenters. The van der Waals surface area contributed by atoms with Gasteiger partial charge in [-0.25, -0.2) is 0 Å². The lowest BCUT2D eigenvalue weighted by atomic mass is 10.0. The fourth-order valence-corrected chi connectivity index (χ4v) is 5.59. The molecule has 0 saturated carbocycles. The monoisotopic (exact) mass is 471 g/mol. The molecule has 0 fully saturated rings. The smallest absolute Gasteiger partial charge is 0.252 e. The number of hydrogen-bond donors (Lipinski definition) is 1. The van der Waals surface area contributed by atoms with Crippen molar-refractivity contribution in [2.45, 2.75) is 129 Å². The second-order valence-corrected chi connectivity index (χ2v) is 10.7. The van der Waals surface area contributed by atoms with Gasteiger partial charge in [0.15, 0.2) is 0 Å². The van der Waals surface area contributed by atoms with E-state index in [1.807, 2.05) is 5.38 Å². The van der Waals surface area contributed by atoms with E-state index >= 15 is 0 Å². The van der Waals surface area contributed by atoms with Crippen LogP contribution in [-0.4, -0.2) is 12.5 Å². The zero-order valence-electron chi connectivity index (χ0n) is 21.6. The number of rotatable bonds is 20. The van der Waals surface area contributed by atoms with Crippen LogP contribution < -0.4 is 5.32 Å². The first-order valence-electron chi connectivity index (χ1n) is 14.0.